The molecule has 0 spiro atoms. The molecule has 4 rings (SSSR count). The molecule has 0 aliphatic heterocycles. The predicted molar refractivity (Wildman–Crippen MR) is 83.2 cm³/mol. The molecule has 0 unspecified atom stereocenters. The molecule has 2 fully saturated rings. The SMILES string of the molecule is O=C(C[C@@H]1C[C@H]2CC[C@@H]1C2)OCc1cc(-c2cccs2)on1. The zero-order valence-electron chi connectivity index (χ0n) is 12.4. The van der Waals surface area contributed by atoms with Gasteiger partial charge in [-0.1, -0.05) is 17.6 Å². The van der Waals surface area contributed by atoms with E-state index in [0.717, 1.165) is 22.5 Å². The minimum atomic E-state index is -0.0989. The number of hydrogen-bond donors (Lipinski definition) is 0. The smallest absolute Gasteiger partial charge is 0.306 e. The van der Waals surface area contributed by atoms with Gasteiger partial charge in [0.2, 0.25) is 0 Å². The van der Waals surface area contributed by atoms with Gasteiger partial charge < -0.3 is 9.26 Å². The quantitative estimate of drug-likeness (QED) is 0.773. The summed E-state index contributed by atoms with van der Waals surface area (Å²) in [6.07, 6.45) is 5.77. The van der Waals surface area contributed by atoms with Crippen molar-refractivity contribution in [2.75, 3.05) is 0 Å². The van der Waals surface area contributed by atoms with Crippen LogP contribution in [0.15, 0.2) is 28.1 Å². The fraction of sp³-hybridized carbons (Fsp3) is 0.529. The van der Waals surface area contributed by atoms with E-state index in [-0.39, 0.29) is 12.6 Å². The molecule has 2 aliphatic carbocycles. The first kappa shape index (κ1) is 14.0. The Hall–Kier alpha value is -1.62. The van der Waals surface area contributed by atoms with Gasteiger partial charge in [-0.15, -0.1) is 11.3 Å². The maximum atomic E-state index is 12.0. The fourth-order valence-corrected chi connectivity index (χ4v) is 4.64. The Morgan fingerprint density at radius 1 is 1.41 bits per heavy atom. The van der Waals surface area contributed by atoms with Crippen molar-refractivity contribution in [3.63, 3.8) is 0 Å². The van der Waals surface area contributed by atoms with Crippen LogP contribution in [0.5, 0.6) is 0 Å². The maximum absolute atomic E-state index is 12.0. The Morgan fingerprint density at radius 3 is 3.09 bits per heavy atom. The van der Waals surface area contributed by atoms with Crippen molar-refractivity contribution in [2.45, 2.75) is 38.7 Å². The zero-order chi connectivity index (χ0) is 14.9. The summed E-state index contributed by atoms with van der Waals surface area (Å²) < 4.78 is 10.7. The molecule has 0 amide bonds. The summed E-state index contributed by atoms with van der Waals surface area (Å²) >= 11 is 1.60. The van der Waals surface area contributed by atoms with Gasteiger partial charge in [-0.2, -0.15) is 0 Å². The van der Waals surface area contributed by atoms with Gasteiger partial charge in [0, 0.05) is 12.5 Å². The number of rotatable bonds is 5. The van der Waals surface area contributed by atoms with Crippen LogP contribution in [-0.4, -0.2) is 11.1 Å². The first-order chi connectivity index (χ1) is 10.8. The molecule has 0 saturated heterocycles. The van der Waals surface area contributed by atoms with Gasteiger partial charge in [-0.05, 0) is 48.5 Å². The Morgan fingerprint density at radius 2 is 2.36 bits per heavy atom. The van der Waals surface area contributed by atoms with Crippen molar-refractivity contribution in [3.8, 4) is 10.6 Å². The molecule has 4 nitrogen and oxygen atoms in total. The number of esters is 1. The highest BCUT2D eigenvalue weighted by molar-refractivity contribution is 7.13. The van der Waals surface area contributed by atoms with Gasteiger partial charge in [0.05, 0.1) is 4.88 Å². The number of aromatic nitrogens is 1. The van der Waals surface area contributed by atoms with Crippen molar-refractivity contribution in [3.05, 3.63) is 29.3 Å². The number of carbonyl (C=O) groups is 1. The van der Waals surface area contributed by atoms with E-state index in [9.17, 15) is 4.79 Å². The molecule has 0 aromatic carbocycles. The highest BCUT2D eigenvalue weighted by Gasteiger charge is 2.40. The molecule has 0 N–H and O–H groups in total. The second-order valence-electron chi connectivity index (χ2n) is 6.46. The topological polar surface area (TPSA) is 52.3 Å². The zero-order valence-corrected chi connectivity index (χ0v) is 13.2. The lowest BCUT2D eigenvalue weighted by molar-refractivity contribution is -0.146. The molecular weight excluding hydrogens is 298 g/mol. The second-order valence-corrected chi connectivity index (χ2v) is 7.41. The molecule has 2 bridgehead atoms. The Labute approximate surface area is 133 Å². The van der Waals surface area contributed by atoms with Gasteiger partial charge in [0.15, 0.2) is 5.76 Å². The molecule has 2 aromatic heterocycles. The number of nitrogens with zero attached hydrogens (tertiary/aromatic N) is 1. The second kappa shape index (κ2) is 5.88. The van der Waals surface area contributed by atoms with Gasteiger partial charge in [-0.3, -0.25) is 4.79 Å². The van der Waals surface area contributed by atoms with Crippen LogP contribution in [0.3, 0.4) is 0 Å². The summed E-state index contributed by atoms with van der Waals surface area (Å²) in [7, 11) is 0. The van der Waals surface area contributed by atoms with E-state index >= 15 is 0 Å². The van der Waals surface area contributed by atoms with Crippen molar-refractivity contribution < 1.29 is 14.1 Å². The van der Waals surface area contributed by atoms with Gasteiger partial charge >= 0.3 is 5.97 Å². The van der Waals surface area contributed by atoms with E-state index in [1.54, 1.807) is 11.3 Å². The van der Waals surface area contributed by atoms with Crippen LogP contribution in [-0.2, 0) is 16.1 Å². The summed E-state index contributed by atoms with van der Waals surface area (Å²) in [6, 6.07) is 5.80. The van der Waals surface area contributed by atoms with E-state index in [1.165, 1.54) is 25.7 Å². The van der Waals surface area contributed by atoms with Crippen LogP contribution in [0.2, 0.25) is 0 Å². The highest BCUT2D eigenvalue weighted by Crippen LogP contribution is 2.49. The monoisotopic (exact) mass is 317 g/mol. The average Bonchev–Trinajstić information content (AvgIpc) is 3.27. The summed E-state index contributed by atoms with van der Waals surface area (Å²) in [5.41, 5.74) is 0.671. The minimum Gasteiger partial charge on any atom is -0.459 e. The van der Waals surface area contributed by atoms with Crippen LogP contribution in [0.1, 0.15) is 37.8 Å². The van der Waals surface area contributed by atoms with Crippen molar-refractivity contribution in [1.29, 1.82) is 0 Å². The number of ether oxygens (including phenoxy) is 1. The van der Waals surface area contributed by atoms with Crippen LogP contribution in [0.25, 0.3) is 10.6 Å². The molecule has 2 heterocycles. The largest absolute Gasteiger partial charge is 0.459 e. The molecule has 2 aromatic rings. The third kappa shape index (κ3) is 2.82. The summed E-state index contributed by atoms with van der Waals surface area (Å²) in [4.78, 5) is 13.0. The third-order valence-electron chi connectivity index (χ3n) is 5.02. The van der Waals surface area contributed by atoms with Crippen molar-refractivity contribution >= 4 is 17.3 Å². The lowest BCUT2D eigenvalue weighted by atomic mass is 9.86. The Bertz CT molecular complexity index is 649. The summed E-state index contributed by atoms with van der Waals surface area (Å²) in [6.45, 7) is 0.203. The van der Waals surface area contributed by atoms with E-state index < -0.39 is 0 Å². The summed E-state index contributed by atoms with van der Waals surface area (Å²) in [5.74, 6) is 2.80. The van der Waals surface area contributed by atoms with E-state index in [4.69, 9.17) is 9.26 Å². The first-order valence-electron chi connectivity index (χ1n) is 7.93. The molecule has 22 heavy (non-hydrogen) atoms. The number of fused-ring (bicyclic) bond motifs is 2. The van der Waals surface area contributed by atoms with Crippen molar-refractivity contribution in [2.24, 2.45) is 17.8 Å². The van der Waals surface area contributed by atoms with E-state index in [1.807, 2.05) is 23.6 Å². The van der Waals surface area contributed by atoms with Gasteiger partial charge in [0.1, 0.15) is 12.3 Å². The highest BCUT2D eigenvalue weighted by atomic mass is 32.1. The molecule has 3 atom stereocenters. The molecule has 0 radical (unpaired) electrons. The minimum absolute atomic E-state index is 0.0989. The molecule has 2 saturated carbocycles. The molecule has 2 aliphatic rings. The van der Waals surface area contributed by atoms with Crippen LogP contribution < -0.4 is 0 Å². The standard InChI is InChI=1S/C17H19NO3S/c19-17(8-13-7-11-3-4-12(13)6-11)20-10-14-9-15(21-18-14)16-2-1-5-22-16/h1-2,5,9,11-13H,3-4,6-8,10H2/t11-,12+,13-/m0/s1. The van der Waals surface area contributed by atoms with Gasteiger partial charge in [0.25, 0.3) is 0 Å². The number of thiophene rings is 1. The fourth-order valence-electron chi connectivity index (χ4n) is 3.97. The van der Waals surface area contributed by atoms with E-state index in [0.29, 0.717) is 18.0 Å². The lowest BCUT2D eigenvalue weighted by Crippen LogP contribution is -2.16. The number of carbonyl (C=O) groups excluding carboxylic acids is 1. The third-order valence-corrected chi connectivity index (χ3v) is 5.90. The predicted octanol–water partition coefficient (Wildman–Crippen LogP) is 4.27. The maximum Gasteiger partial charge on any atom is 0.306 e. The van der Waals surface area contributed by atoms with E-state index in [2.05, 4.69) is 5.16 Å². The molecule has 5 heteroatoms. The van der Waals surface area contributed by atoms with Crippen LogP contribution in [0, 0.1) is 17.8 Å². The van der Waals surface area contributed by atoms with Crippen molar-refractivity contribution in [1.82, 2.24) is 5.16 Å². The number of hydrogen-bond acceptors (Lipinski definition) is 5. The first-order valence-corrected chi connectivity index (χ1v) is 8.81. The summed E-state index contributed by atoms with van der Waals surface area (Å²) in [5, 5.41) is 5.96. The average molecular weight is 317 g/mol. The van der Waals surface area contributed by atoms with Crippen LogP contribution in [0.4, 0.5) is 0 Å². The lowest BCUT2D eigenvalue weighted by Gasteiger charge is -2.20. The Kier molecular flexibility index (Phi) is 3.74. The van der Waals surface area contributed by atoms with Gasteiger partial charge in [-0.25, -0.2) is 0 Å². The Balaban J connectivity index is 1.28. The normalized spacial score (nSPS) is 26.5. The molecular formula is C17H19NO3S. The molecule has 116 valence electrons. The van der Waals surface area contributed by atoms with Crippen LogP contribution >= 0.6 is 11.3 Å².